The summed E-state index contributed by atoms with van der Waals surface area (Å²) < 4.78 is 0. The Labute approximate surface area is 154 Å². The fraction of sp³-hybridized carbons (Fsp3) is 0.100. The summed E-state index contributed by atoms with van der Waals surface area (Å²) in [7, 11) is 0. The van der Waals surface area contributed by atoms with E-state index >= 15 is 0 Å². The van der Waals surface area contributed by atoms with E-state index in [0.29, 0.717) is 11.4 Å². The van der Waals surface area contributed by atoms with Gasteiger partial charge in [0.15, 0.2) is 0 Å². The maximum absolute atomic E-state index is 12.7. The first-order chi connectivity index (χ1) is 12.8. The van der Waals surface area contributed by atoms with Gasteiger partial charge < -0.3 is 16.0 Å². The monoisotopic (exact) mass is 362 g/mol. The van der Waals surface area contributed by atoms with Crippen LogP contribution in [0.1, 0.15) is 21.3 Å². The number of hydrogen-bond donors (Lipinski definition) is 3. The molecule has 5 nitrogen and oxygen atoms in total. The summed E-state index contributed by atoms with van der Waals surface area (Å²) in [6.45, 7) is 0.349. The summed E-state index contributed by atoms with van der Waals surface area (Å²) in [5.74, 6) is -0.112. The van der Waals surface area contributed by atoms with Crippen LogP contribution >= 0.6 is 11.3 Å². The lowest BCUT2D eigenvalue weighted by atomic mass is 10.1. The molecule has 0 spiro atoms. The predicted octanol–water partition coefficient (Wildman–Crippen LogP) is 3.72. The minimum Gasteiger partial charge on any atom is -0.346 e. The molecule has 3 aromatic heterocycles. The number of fused-ring (bicyclic) bond motifs is 1. The molecule has 1 atom stereocenters. The van der Waals surface area contributed by atoms with Crippen LogP contribution in [0.5, 0.6) is 0 Å². The van der Waals surface area contributed by atoms with Crippen LogP contribution in [-0.4, -0.2) is 22.4 Å². The van der Waals surface area contributed by atoms with E-state index in [1.807, 2.05) is 60.1 Å². The van der Waals surface area contributed by atoms with Gasteiger partial charge in [0.25, 0.3) is 5.91 Å². The molecule has 1 amide bonds. The van der Waals surface area contributed by atoms with E-state index < -0.39 is 0 Å². The third-order valence-corrected chi connectivity index (χ3v) is 5.26. The van der Waals surface area contributed by atoms with Gasteiger partial charge in [-0.15, -0.1) is 11.3 Å². The molecule has 4 rings (SSSR count). The number of amides is 1. The fourth-order valence-electron chi connectivity index (χ4n) is 2.98. The van der Waals surface area contributed by atoms with Gasteiger partial charge in [0, 0.05) is 29.9 Å². The molecular weight excluding hydrogens is 344 g/mol. The van der Waals surface area contributed by atoms with Crippen LogP contribution < -0.4 is 11.1 Å². The number of carbonyl (C=O) groups excluding carboxylic acids is 1. The van der Waals surface area contributed by atoms with Gasteiger partial charge in [0.2, 0.25) is 0 Å². The Balaban J connectivity index is 1.57. The van der Waals surface area contributed by atoms with Crippen LogP contribution in [0.15, 0.2) is 66.3 Å². The van der Waals surface area contributed by atoms with E-state index in [9.17, 15) is 4.79 Å². The number of hydrogen-bond acceptors (Lipinski definition) is 4. The highest BCUT2D eigenvalue weighted by Gasteiger charge is 2.17. The van der Waals surface area contributed by atoms with Gasteiger partial charge in [0.05, 0.1) is 10.9 Å². The highest BCUT2D eigenvalue weighted by Crippen LogP contribution is 2.31. The number of nitrogens with one attached hydrogen (secondary N) is 2. The maximum atomic E-state index is 12.7. The Kier molecular flexibility index (Phi) is 4.51. The second-order valence-electron chi connectivity index (χ2n) is 5.97. The summed E-state index contributed by atoms with van der Waals surface area (Å²) >= 11 is 1.42. The van der Waals surface area contributed by atoms with Crippen molar-refractivity contribution < 1.29 is 4.79 Å². The molecule has 130 valence electrons. The predicted molar refractivity (Wildman–Crippen MR) is 105 cm³/mol. The first-order valence-corrected chi connectivity index (χ1v) is 9.21. The van der Waals surface area contributed by atoms with Gasteiger partial charge >= 0.3 is 0 Å². The molecule has 0 bridgehead atoms. The third kappa shape index (κ3) is 3.12. The Morgan fingerprint density at radius 1 is 1.23 bits per heavy atom. The zero-order valence-electron chi connectivity index (χ0n) is 14.0. The first kappa shape index (κ1) is 16.5. The third-order valence-electron chi connectivity index (χ3n) is 4.33. The second kappa shape index (κ2) is 7.11. The fourth-order valence-corrected chi connectivity index (χ4v) is 3.79. The van der Waals surface area contributed by atoms with Crippen LogP contribution in [0.4, 0.5) is 0 Å². The molecule has 1 aromatic carbocycles. The Morgan fingerprint density at radius 2 is 2.08 bits per heavy atom. The second-order valence-corrected chi connectivity index (χ2v) is 6.89. The molecule has 4 aromatic rings. The van der Waals surface area contributed by atoms with E-state index in [2.05, 4.69) is 15.3 Å². The van der Waals surface area contributed by atoms with Gasteiger partial charge in [-0.25, -0.2) is 4.98 Å². The van der Waals surface area contributed by atoms with Gasteiger partial charge in [-0.05, 0) is 34.7 Å². The van der Waals surface area contributed by atoms with Gasteiger partial charge in [-0.1, -0.05) is 30.3 Å². The Morgan fingerprint density at radius 3 is 2.88 bits per heavy atom. The minimum atomic E-state index is -0.202. The van der Waals surface area contributed by atoms with Crippen molar-refractivity contribution in [3.63, 3.8) is 0 Å². The first-order valence-electron chi connectivity index (χ1n) is 8.33. The number of pyridine rings is 1. The molecule has 6 heteroatoms. The number of H-pyrrole nitrogens is 1. The average Bonchev–Trinajstić information content (AvgIpc) is 3.33. The standard InChI is InChI=1S/C20H18N4OS/c21-10-17(13-5-2-1-3-6-13)24-20(25)18-9-14(12-26-18)16-11-23-19-15(16)7-4-8-22-19/h1-9,11-12,17H,10,21H2,(H,22,23)(H,24,25)/t17-/m1/s1. The number of thiophene rings is 1. The van der Waals surface area contributed by atoms with Crippen LogP contribution in [0, 0.1) is 0 Å². The zero-order chi connectivity index (χ0) is 17.9. The van der Waals surface area contributed by atoms with Crippen LogP contribution in [0.25, 0.3) is 22.2 Å². The number of nitrogens with two attached hydrogens (primary N) is 1. The lowest BCUT2D eigenvalue weighted by Crippen LogP contribution is -2.32. The SMILES string of the molecule is NC[C@@H](NC(=O)c1cc(-c2c[nH]c3ncccc23)cs1)c1ccccc1. The molecule has 0 aliphatic heterocycles. The number of nitrogens with zero attached hydrogens (tertiary/aromatic N) is 1. The van der Waals surface area contributed by atoms with Gasteiger partial charge in [-0.2, -0.15) is 0 Å². The van der Waals surface area contributed by atoms with E-state index in [0.717, 1.165) is 27.7 Å². The van der Waals surface area contributed by atoms with E-state index in [1.165, 1.54) is 11.3 Å². The zero-order valence-corrected chi connectivity index (χ0v) is 14.8. The molecule has 0 radical (unpaired) electrons. The van der Waals surface area contributed by atoms with Crippen LogP contribution in [0.2, 0.25) is 0 Å². The van der Waals surface area contributed by atoms with Crippen molar-refractivity contribution in [3.8, 4) is 11.1 Å². The van der Waals surface area contributed by atoms with Crippen molar-refractivity contribution in [3.05, 3.63) is 76.7 Å². The molecule has 0 saturated carbocycles. The molecule has 0 saturated heterocycles. The maximum Gasteiger partial charge on any atom is 0.261 e. The van der Waals surface area contributed by atoms with E-state index in [1.54, 1.807) is 6.20 Å². The number of aromatic amines is 1. The highest BCUT2D eigenvalue weighted by molar-refractivity contribution is 7.12. The van der Waals surface area contributed by atoms with Crippen molar-refractivity contribution in [1.82, 2.24) is 15.3 Å². The van der Waals surface area contributed by atoms with Crippen molar-refractivity contribution in [2.24, 2.45) is 5.73 Å². The molecule has 26 heavy (non-hydrogen) atoms. The molecule has 0 unspecified atom stereocenters. The Bertz CT molecular complexity index is 1040. The van der Waals surface area contributed by atoms with Crippen molar-refractivity contribution in [2.45, 2.75) is 6.04 Å². The van der Waals surface area contributed by atoms with Gasteiger partial charge in [-0.3, -0.25) is 4.79 Å². The number of carbonyl (C=O) groups is 1. The number of rotatable bonds is 5. The smallest absolute Gasteiger partial charge is 0.261 e. The van der Waals surface area contributed by atoms with Crippen LogP contribution in [-0.2, 0) is 0 Å². The summed E-state index contributed by atoms with van der Waals surface area (Å²) in [4.78, 5) is 20.8. The van der Waals surface area contributed by atoms with Crippen molar-refractivity contribution >= 4 is 28.3 Å². The van der Waals surface area contributed by atoms with Crippen molar-refractivity contribution in [2.75, 3.05) is 6.54 Å². The molecule has 0 fully saturated rings. The molecule has 4 N–H and O–H groups in total. The van der Waals surface area contributed by atoms with Crippen molar-refractivity contribution in [1.29, 1.82) is 0 Å². The van der Waals surface area contributed by atoms with Crippen LogP contribution in [0.3, 0.4) is 0 Å². The van der Waals surface area contributed by atoms with Gasteiger partial charge in [0.1, 0.15) is 5.65 Å². The highest BCUT2D eigenvalue weighted by atomic mass is 32.1. The minimum absolute atomic E-state index is 0.112. The summed E-state index contributed by atoms with van der Waals surface area (Å²) in [5.41, 5.74) is 9.74. The molecular formula is C20H18N4OS. The molecule has 0 aliphatic rings. The molecule has 3 heterocycles. The normalized spacial score (nSPS) is 12.2. The number of aromatic nitrogens is 2. The largest absolute Gasteiger partial charge is 0.346 e. The summed E-state index contributed by atoms with van der Waals surface area (Å²) in [6, 6.07) is 15.4. The van der Waals surface area contributed by atoms with E-state index in [4.69, 9.17) is 5.73 Å². The van der Waals surface area contributed by atoms with E-state index in [-0.39, 0.29) is 11.9 Å². The lowest BCUT2D eigenvalue weighted by Gasteiger charge is -2.16. The summed E-state index contributed by atoms with van der Waals surface area (Å²) in [6.07, 6.45) is 3.68. The summed E-state index contributed by atoms with van der Waals surface area (Å²) in [5, 5.41) is 6.05. The Hall–Kier alpha value is -2.96. The topological polar surface area (TPSA) is 83.8 Å². The quantitative estimate of drug-likeness (QED) is 0.506. The number of benzene rings is 1. The average molecular weight is 362 g/mol. The lowest BCUT2D eigenvalue weighted by molar-refractivity contribution is 0.0942. The molecule has 0 aliphatic carbocycles.